The SMILES string of the molecule is [C-]#[N+]c1ccc(SC(=S)N(CC)CC)cc1[N+]#[C-]. The lowest BCUT2D eigenvalue weighted by Crippen LogP contribution is -2.26. The predicted octanol–water partition coefficient (Wildman–Crippen LogP) is 4.51. The number of nitrogens with zero attached hydrogens (tertiary/aromatic N) is 3. The van der Waals surface area contributed by atoms with Crippen LogP contribution in [0.4, 0.5) is 11.4 Å². The van der Waals surface area contributed by atoms with Crippen molar-refractivity contribution in [3.05, 3.63) is 41.0 Å². The van der Waals surface area contributed by atoms with Gasteiger partial charge in [0.1, 0.15) is 4.32 Å². The molecule has 0 atom stereocenters. The first-order valence-corrected chi connectivity index (χ1v) is 6.74. The Morgan fingerprint density at radius 1 is 1.22 bits per heavy atom. The van der Waals surface area contributed by atoms with Gasteiger partial charge < -0.3 is 4.90 Å². The average molecular weight is 275 g/mol. The van der Waals surface area contributed by atoms with E-state index in [-0.39, 0.29) is 0 Å². The summed E-state index contributed by atoms with van der Waals surface area (Å²) in [5, 5.41) is 0. The first-order valence-electron chi connectivity index (χ1n) is 5.52. The van der Waals surface area contributed by atoms with E-state index in [0.29, 0.717) is 11.4 Å². The molecule has 0 unspecified atom stereocenters. The molecule has 0 fully saturated rings. The Hall–Kier alpha value is -1.56. The first kappa shape index (κ1) is 14.5. The van der Waals surface area contributed by atoms with Crippen molar-refractivity contribution in [3.8, 4) is 0 Å². The number of thiocarbonyl (C=S) groups is 1. The molecule has 5 heteroatoms. The van der Waals surface area contributed by atoms with Crippen molar-refractivity contribution < 1.29 is 0 Å². The summed E-state index contributed by atoms with van der Waals surface area (Å²) in [6.07, 6.45) is 0. The summed E-state index contributed by atoms with van der Waals surface area (Å²) >= 11 is 6.81. The molecule has 0 aliphatic carbocycles. The molecule has 0 spiro atoms. The maximum atomic E-state index is 7.05. The van der Waals surface area contributed by atoms with Crippen molar-refractivity contribution in [3.63, 3.8) is 0 Å². The molecule has 0 amide bonds. The van der Waals surface area contributed by atoms with Gasteiger partial charge in [0.2, 0.25) is 0 Å². The summed E-state index contributed by atoms with van der Waals surface area (Å²) in [6.45, 7) is 19.9. The van der Waals surface area contributed by atoms with E-state index in [4.69, 9.17) is 25.4 Å². The van der Waals surface area contributed by atoms with Crippen molar-refractivity contribution in [2.75, 3.05) is 13.1 Å². The van der Waals surface area contributed by atoms with Crippen LogP contribution < -0.4 is 0 Å². The fourth-order valence-electron chi connectivity index (χ4n) is 1.40. The molecule has 1 aromatic carbocycles. The van der Waals surface area contributed by atoms with Crippen LogP contribution in [-0.2, 0) is 0 Å². The van der Waals surface area contributed by atoms with Gasteiger partial charge in [-0.1, -0.05) is 42.2 Å². The molecule has 0 heterocycles. The van der Waals surface area contributed by atoms with Gasteiger partial charge in [-0.15, -0.1) is 0 Å². The van der Waals surface area contributed by atoms with Crippen LogP contribution in [-0.4, -0.2) is 22.3 Å². The number of hydrogen-bond donors (Lipinski definition) is 0. The van der Waals surface area contributed by atoms with Crippen molar-refractivity contribution in [1.29, 1.82) is 0 Å². The quantitative estimate of drug-likeness (QED) is 0.457. The third kappa shape index (κ3) is 3.46. The molecule has 0 aliphatic rings. The molecule has 0 N–H and O–H groups in total. The van der Waals surface area contributed by atoms with E-state index >= 15 is 0 Å². The van der Waals surface area contributed by atoms with E-state index in [1.807, 2.05) is 6.07 Å². The second-order valence-electron chi connectivity index (χ2n) is 3.41. The van der Waals surface area contributed by atoms with Crippen molar-refractivity contribution in [2.24, 2.45) is 0 Å². The molecule has 3 nitrogen and oxygen atoms in total. The molecule has 0 bridgehead atoms. The van der Waals surface area contributed by atoms with E-state index in [1.165, 1.54) is 11.8 Å². The van der Waals surface area contributed by atoms with Gasteiger partial charge in [-0.25, -0.2) is 0 Å². The third-order valence-corrected chi connectivity index (χ3v) is 3.85. The van der Waals surface area contributed by atoms with Crippen LogP contribution >= 0.6 is 24.0 Å². The van der Waals surface area contributed by atoms with Crippen LogP contribution in [0.1, 0.15) is 13.8 Å². The summed E-state index contributed by atoms with van der Waals surface area (Å²) in [7, 11) is 0. The van der Waals surface area contributed by atoms with E-state index < -0.39 is 0 Å². The Labute approximate surface area is 117 Å². The third-order valence-electron chi connectivity index (χ3n) is 2.41. The maximum absolute atomic E-state index is 7.05. The summed E-state index contributed by atoms with van der Waals surface area (Å²) in [6, 6.07) is 5.23. The Balaban J connectivity index is 2.91. The molecule has 0 saturated carbocycles. The maximum Gasteiger partial charge on any atom is 0.195 e. The van der Waals surface area contributed by atoms with Gasteiger partial charge in [-0.05, 0) is 13.8 Å². The Bertz CT molecular complexity index is 522. The van der Waals surface area contributed by atoms with Gasteiger partial charge in [0.25, 0.3) is 0 Å². The smallest absolute Gasteiger partial charge is 0.195 e. The highest BCUT2D eigenvalue weighted by molar-refractivity contribution is 8.22. The van der Waals surface area contributed by atoms with Crippen molar-refractivity contribution in [2.45, 2.75) is 18.7 Å². The van der Waals surface area contributed by atoms with Crippen LogP contribution in [0.15, 0.2) is 23.1 Å². The van der Waals surface area contributed by atoms with Gasteiger partial charge in [0, 0.05) is 18.0 Å². The van der Waals surface area contributed by atoms with E-state index in [0.717, 1.165) is 22.3 Å². The number of thioether (sulfide) groups is 1. The molecule has 0 radical (unpaired) electrons. The molecular formula is C13H13N3S2. The van der Waals surface area contributed by atoms with Gasteiger partial charge in [0.15, 0.2) is 11.4 Å². The van der Waals surface area contributed by atoms with Crippen LogP contribution in [0.25, 0.3) is 9.69 Å². The number of benzene rings is 1. The molecule has 1 aromatic rings. The van der Waals surface area contributed by atoms with Gasteiger partial charge in [0.05, 0.1) is 13.1 Å². The fourth-order valence-corrected chi connectivity index (χ4v) is 2.84. The Morgan fingerprint density at radius 2 is 1.83 bits per heavy atom. The van der Waals surface area contributed by atoms with Crippen molar-refractivity contribution >= 4 is 39.7 Å². The predicted molar refractivity (Wildman–Crippen MR) is 80.3 cm³/mol. The topological polar surface area (TPSA) is 12.0 Å². The molecule has 92 valence electrons. The summed E-state index contributed by atoms with van der Waals surface area (Å²) in [5.41, 5.74) is 0.778. The summed E-state index contributed by atoms with van der Waals surface area (Å²) in [4.78, 5) is 9.66. The molecular weight excluding hydrogens is 262 g/mol. The number of rotatable bonds is 3. The summed E-state index contributed by atoms with van der Waals surface area (Å²) < 4.78 is 0.798. The van der Waals surface area contributed by atoms with Crippen LogP contribution in [0.3, 0.4) is 0 Å². The highest BCUT2D eigenvalue weighted by Crippen LogP contribution is 2.33. The Kier molecular flexibility index (Phi) is 5.64. The second kappa shape index (κ2) is 7.00. The lowest BCUT2D eigenvalue weighted by molar-refractivity contribution is 0.482. The standard InChI is InChI=1S/C13H13N3S2/c1-5-16(6-2)13(17)18-10-7-8-11(14-3)12(9-10)15-4/h7-9H,5-6H2,1-2H3. The molecule has 0 aliphatic heterocycles. The molecule has 1 rings (SSSR count). The monoisotopic (exact) mass is 275 g/mol. The Morgan fingerprint density at radius 3 is 2.33 bits per heavy atom. The van der Waals surface area contributed by atoms with Crippen LogP contribution in [0, 0.1) is 13.1 Å². The fraction of sp³-hybridized carbons (Fsp3) is 0.308. The van der Waals surface area contributed by atoms with Crippen LogP contribution in [0.2, 0.25) is 0 Å². The van der Waals surface area contributed by atoms with Gasteiger partial charge in [-0.2, -0.15) is 0 Å². The lowest BCUT2D eigenvalue weighted by atomic mass is 10.3. The average Bonchev–Trinajstić information content (AvgIpc) is 2.40. The lowest BCUT2D eigenvalue weighted by Gasteiger charge is -2.20. The zero-order valence-electron chi connectivity index (χ0n) is 10.3. The largest absolute Gasteiger partial charge is 0.358 e. The van der Waals surface area contributed by atoms with Gasteiger partial charge in [-0.3, -0.25) is 9.69 Å². The van der Waals surface area contributed by atoms with E-state index in [2.05, 4.69) is 28.4 Å². The summed E-state index contributed by atoms with van der Waals surface area (Å²) in [5.74, 6) is 0. The van der Waals surface area contributed by atoms with E-state index in [9.17, 15) is 0 Å². The normalized spacial score (nSPS) is 9.33. The molecule has 0 saturated heterocycles. The highest BCUT2D eigenvalue weighted by atomic mass is 32.2. The molecule has 0 aromatic heterocycles. The highest BCUT2D eigenvalue weighted by Gasteiger charge is 2.09. The zero-order valence-corrected chi connectivity index (χ0v) is 11.9. The zero-order chi connectivity index (χ0) is 13.5. The van der Waals surface area contributed by atoms with Crippen molar-refractivity contribution in [1.82, 2.24) is 4.90 Å². The van der Waals surface area contributed by atoms with Gasteiger partial charge >= 0.3 is 0 Å². The number of hydrogen-bond acceptors (Lipinski definition) is 2. The second-order valence-corrected chi connectivity index (χ2v) is 5.12. The molecule has 18 heavy (non-hydrogen) atoms. The minimum absolute atomic E-state index is 0.386. The minimum atomic E-state index is 0.386. The first-order chi connectivity index (χ1) is 8.65. The van der Waals surface area contributed by atoms with Crippen LogP contribution in [0.5, 0.6) is 0 Å². The minimum Gasteiger partial charge on any atom is -0.358 e. The van der Waals surface area contributed by atoms with E-state index in [1.54, 1.807) is 12.1 Å².